The van der Waals surface area contributed by atoms with E-state index in [2.05, 4.69) is 0 Å². The Hall–Kier alpha value is -0.160. The lowest BCUT2D eigenvalue weighted by Gasteiger charge is -2.47. The molecule has 0 saturated heterocycles. The summed E-state index contributed by atoms with van der Waals surface area (Å²) in [6.45, 7) is 10.4. The first-order chi connectivity index (χ1) is 7.79. The van der Waals surface area contributed by atoms with Gasteiger partial charge in [-0.05, 0) is 23.7 Å². The molecule has 0 aromatic carbocycles. The molecule has 110 valence electrons. The summed E-state index contributed by atoms with van der Waals surface area (Å²) in [5.74, 6) is 0. The van der Waals surface area contributed by atoms with Gasteiger partial charge in [-0.2, -0.15) is 0 Å². The van der Waals surface area contributed by atoms with Crippen LogP contribution in [0.15, 0.2) is 0 Å². The van der Waals surface area contributed by atoms with Gasteiger partial charge in [-0.1, -0.05) is 41.5 Å². The molecule has 0 aliphatic rings. The predicted octanol–water partition coefficient (Wildman–Crippen LogP) is 1.31. The first-order valence-corrected chi connectivity index (χ1v) is 6.45. The van der Waals surface area contributed by atoms with Gasteiger partial charge in [-0.15, -0.1) is 0 Å². The van der Waals surface area contributed by atoms with Crippen molar-refractivity contribution in [1.29, 1.82) is 0 Å². The van der Waals surface area contributed by atoms with Crippen molar-refractivity contribution in [3.8, 4) is 0 Å². The molecule has 0 saturated carbocycles. The van der Waals surface area contributed by atoms with E-state index in [9.17, 15) is 20.4 Å². The van der Waals surface area contributed by atoms with Crippen molar-refractivity contribution in [3.63, 3.8) is 0 Å². The van der Waals surface area contributed by atoms with Crippen LogP contribution in [-0.4, -0.2) is 44.8 Å². The second-order valence-corrected chi connectivity index (χ2v) is 7.85. The van der Waals surface area contributed by atoms with Gasteiger partial charge in [0.2, 0.25) is 0 Å². The molecule has 4 nitrogen and oxygen atoms in total. The summed E-state index contributed by atoms with van der Waals surface area (Å²) in [4.78, 5) is 0. The van der Waals surface area contributed by atoms with E-state index in [1.807, 2.05) is 41.5 Å². The molecular weight excluding hydrogens is 232 g/mol. The van der Waals surface area contributed by atoms with E-state index >= 15 is 0 Å². The van der Waals surface area contributed by atoms with Gasteiger partial charge >= 0.3 is 0 Å². The summed E-state index contributed by atoms with van der Waals surface area (Å²) in [6.07, 6.45) is 0.424. The normalized spacial score (nSPS) is 20.3. The SMILES string of the molecule is CC(C)(C)C[C@](O)(CO)[C@](O)(CO)CC(C)(C)C. The Bertz CT molecular complexity index is 236. The van der Waals surface area contributed by atoms with Crippen LogP contribution in [0.25, 0.3) is 0 Å². The Balaban J connectivity index is 5.30. The Morgan fingerprint density at radius 3 is 0.944 bits per heavy atom. The topological polar surface area (TPSA) is 80.9 Å². The minimum absolute atomic E-state index is 0.212. The predicted molar refractivity (Wildman–Crippen MR) is 72.2 cm³/mol. The van der Waals surface area contributed by atoms with Crippen LogP contribution in [0.3, 0.4) is 0 Å². The van der Waals surface area contributed by atoms with E-state index in [0.29, 0.717) is 0 Å². The van der Waals surface area contributed by atoms with Crippen LogP contribution in [0.1, 0.15) is 54.4 Å². The highest BCUT2D eigenvalue weighted by Crippen LogP contribution is 2.40. The highest BCUT2D eigenvalue weighted by molar-refractivity contribution is 5.03. The van der Waals surface area contributed by atoms with Gasteiger partial charge in [0, 0.05) is 0 Å². The smallest absolute Gasteiger partial charge is 0.119 e. The van der Waals surface area contributed by atoms with Crippen molar-refractivity contribution in [2.45, 2.75) is 65.6 Å². The van der Waals surface area contributed by atoms with Gasteiger partial charge in [0.1, 0.15) is 11.2 Å². The lowest BCUT2D eigenvalue weighted by atomic mass is 9.68. The first kappa shape index (κ1) is 17.8. The van der Waals surface area contributed by atoms with Gasteiger partial charge in [0.15, 0.2) is 0 Å². The maximum atomic E-state index is 10.6. The van der Waals surface area contributed by atoms with Crippen molar-refractivity contribution in [1.82, 2.24) is 0 Å². The lowest BCUT2D eigenvalue weighted by molar-refractivity contribution is -0.213. The molecule has 18 heavy (non-hydrogen) atoms. The molecule has 0 radical (unpaired) electrons. The molecule has 0 heterocycles. The van der Waals surface area contributed by atoms with Crippen LogP contribution in [-0.2, 0) is 0 Å². The van der Waals surface area contributed by atoms with Crippen LogP contribution in [0.5, 0.6) is 0 Å². The van der Waals surface area contributed by atoms with Crippen LogP contribution in [0, 0.1) is 10.8 Å². The summed E-state index contributed by atoms with van der Waals surface area (Å²) in [7, 11) is 0. The fourth-order valence-corrected chi connectivity index (χ4v) is 2.49. The molecule has 4 N–H and O–H groups in total. The highest BCUT2D eigenvalue weighted by Gasteiger charge is 2.51. The second kappa shape index (κ2) is 5.45. The van der Waals surface area contributed by atoms with Crippen molar-refractivity contribution < 1.29 is 20.4 Å². The van der Waals surface area contributed by atoms with Crippen molar-refractivity contribution in [3.05, 3.63) is 0 Å². The molecule has 0 aliphatic carbocycles. The molecule has 0 aromatic heterocycles. The molecule has 0 bridgehead atoms. The van der Waals surface area contributed by atoms with Gasteiger partial charge < -0.3 is 20.4 Å². The zero-order valence-corrected chi connectivity index (χ0v) is 12.6. The van der Waals surface area contributed by atoms with Crippen LogP contribution >= 0.6 is 0 Å². The molecule has 0 unspecified atom stereocenters. The average Bonchev–Trinajstić information content (AvgIpc) is 2.12. The number of hydrogen-bond acceptors (Lipinski definition) is 4. The molecule has 2 atom stereocenters. The van der Waals surface area contributed by atoms with Crippen molar-refractivity contribution >= 4 is 0 Å². The van der Waals surface area contributed by atoms with Gasteiger partial charge in [0.05, 0.1) is 13.2 Å². The molecule has 0 spiro atoms. The highest BCUT2D eigenvalue weighted by atomic mass is 16.4. The maximum Gasteiger partial charge on any atom is 0.119 e. The quantitative estimate of drug-likeness (QED) is 0.602. The minimum Gasteiger partial charge on any atom is -0.393 e. The van der Waals surface area contributed by atoms with Crippen LogP contribution in [0.4, 0.5) is 0 Å². The maximum absolute atomic E-state index is 10.6. The zero-order chi connectivity index (χ0) is 14.8. The Kier molecular flexibility index (Phi) is 5.40. The van der Waals surface area contributed by atoms with E-state index in [4.69, 9.17) is 0 Å². The number of aliphatic hydroxyl groups excluding tert-OH is 2. The van der Waals surface area contributed by atoms with Gasteiger partial charge in [-0.25, -0.2) is 0 Å². The number of hydrogen-bond donors (Lipinski definition) is 4. The van der Waals surface area contributed by atoms with Crippen molar-refractivity contribution in [2.75, 3.05) is 13.2 Å². The first-order valence-electron chi connectivity index (χ1n) is 6.45. The Morgan fingerprint density at radius 2 is 0.833 bits per heavy atom. The fourth-order valence-electron chi connectivity index (χ4n) is 2.49. The Labute approximate surface area is 111 Å². The van der Waals surface area contributed by atoms with E-state index in [-0.39, 0.29) is 23.7 Å². The third-order valence-corrected chi connectivity index (χ3v) is 3.03. The fraction of sp³-hybridized carbons (Fsp3) is 1.00. The molecule has 0 rings (SSSR count). The van der Waals surface area contributed by atoms with Crippen molar-refractivity contribution in [2.24, 2.45) is 10.8 Å². The monoisotopic (exact) mass is 262 g/mol. The molecule has 0 aliphatic heterocycles. The van der Waals surface area contributed by atoms with Gasteiger partial charge in [0.25, 0.3) is 0 Å². The summed E-state index contributed by atoms with van der Waals surface area (Å²) in [6, 6.07) is 0. The Morgan fingerprint density at radius 1 is 0.611 bits per heavy atom. The molecule has 0 aromatic rings. The number of rotatable bonds is 5. The molecule has 0 fully saturated rings. The lowest BCUT2D eigenvalue weighted by Crippen LogP contribution is -2.61. The van der Waals surface area contributed by atoms with E-state index in [1.54, 1.807) is 0 Å². The standard InChI is InChI=1S/C14H30O4/c1-11(2,3)7-13(17,9-15)14(18,10-16)8-12(4,5)6/h15-18H,7-10H2,1-6H3/t13-,14+. The van der Waals surface area contributed by atoms with E-state index in [1.165, 1.54) is 0 Å². The van der Waals surface area contributed by atoms with E-state index < -0.39 is 24.4 Å². The third kappa shape index (κ3) is 4.84. The summed E-state index contributed by atoms with van der Waals surface area (Å²) >= 11 is 0. The summed E-state index contributed by atoms with van der Waals surface area (Å²) in [5, 5.41) is 40.1. The summed E-state index contributed by atoms with van der Waals surface area (Å²) in [5.41, 5.74) is -3.93. The van der Waals surface area contributed by atoms with Gasteiger partial charge in [-0.3, -0.25) is 0 Å². The molecule has 4 heteroatoms. The average molecular weight is 262 g/mol. The summed E-state index contributed by atoms with van der Waals surface area (Å²) < 4.78 is 0. The largest absolute Gasteiger partial charge is 0.393 e. The third-order valence-electron chi connectivity index (χ3n) is 3.03. The van der Waals surface area contributed by atoms with Crippen LogP contribution < -0.4 is 0 Å². The van der Waals surface area contributed by atoms with E-state index in [0.717, 1.165) is 0 Å². The minimum atomic E-state index is -1.70. The van der Waals surface area contributed by atoms with Crippen LogP contribution in [0.2, 0.25) is 0 Å². The zero-order valence-electron chi connectivity index (χ0n) is 12.6. The second-order valence-electron chi connectivity index (χ2n) is 7.85. The number of aliphatic hydroxyl groups is 4. The molecular formula is C14H30O4. The molecule has 0 amide bonds.